The van der Waals surface area contributed by atoms with Crippen LogP contribution in [0.15, 0.2) is 0 Å². The van der Waals surface area contributed by atoms with Crippen LogP contribution in [0.25, 0.3) is 0 Å². The molecule has 1 atom stereocenters. The van der Waals surface area contributed by atoms with Gasteiger partial charge in [-0.15, -0.1) is 0 Å². The molecule has 0 fully saturated rings. The summed E-state index contributed by atoms with van der Waals surface area (Å²) in [5, 5.41) is 0. The molecule has 0 rings (SSSR count). The van der Waals surface area contributed by atoms with Crippen LogP contribution in [-0.4, -0.2) is 37.2 Å². The standard InChI is InChI=1S/C36H68O6/c1-4-7-10-13-15-17-19-20-23-26-29-35(38)41-32-33(31-40-34(37)28-25-22-12-9-6-3)42-36(39)30-27-24-21-18-16-14-11-8-5-2/h33H,4-32H2,1-3H3/t33-/m1/s1. The first-order chi connectivity index (χ1) is 20.5. The van der Waals surface area contributed by atoms with Crippen LogP contribution >= 0.6 is 0 Å². The van der Waals surface area contributed by atoms with Crippen molar-refractivity contribution < 1.29 is 28.6 Å². The minimum absolute atomic E-state index is 0.0656. The van der Waals surface area contributed by atoms with E-state index in [0.29, 0.717) is 19.3 Å². The highest BCUT2D eigenvalue weighted by molar-refractivity contribution is 5.71. The zero-order valence-corrected chi connectivity index (χ0v) is 28.0. The van der Waals surface area contributed by atoms with Crippen molar-refractivity contribution in [2.75, 3.05) is 13.2 Å². The van der Waals surface area contributed by atoms with Crippen molar-refractivity contribution in [3.8, 4) is 0 Å². The maximum absolute atomic E-state index is 12.5. The topological polar surface area (TPSA) is 78.9 Å². The molecule has 6 heteroatoms. The van der Waals surface area contributed by atoms with Crippen LogP contribution in [0, 0.1) is 0 Å². The van der Waals surface area contributed by atoms with E-state index < -0.39 is 6.10 Å². The molecule has 0 spiro atoms. The first-order valence-electron chi connectivity index (χ1n) is 18.0. The van der Waals surface area contributed by atoms with Gasteiger partial charge in [0.05, 0.1) is 0 Å². The van der Waals surface area contributed by atoms with Gasteiger partial charge in [-0.2, -0.15) is 0 Å². The Bertz CT molecular complexity index is 620. The van der Waals surface area contributed by atoms with E-state index in [-0.39, 0.29) is 31.1 Å². The van der Waals surface area contributed by atoms with E-state index in [2.05, 4.69) is 20.8 Å². The van der Waals surface area contributed by atoms with Crippen LogP contribution in [0.2, 0.25) is 0 Å². The number of carbonyl (C=O) groups is 3. The number of carbonyl (C=O) groups excluding carboxylic acids is 3. The average Bonchev–Trinajstić information content (AvgIpc) is 2.98. The monoisotopic (exact) mass is 597 g/mol. The maximum Gasteiger partial charge on any atom is 0.306 e. The molecule has 42 heavy (non-hydrogen) atoms. The molecule has 0 unspecified atom stereocenters. The van der Waals surface area contributed by atoms with Gasteiger partial charge < -0.3 is 14.2 Å². The van der Waals surface area contributed by atoms with Gasteiger partial charge in [0.2, 0.25) is 0 Å². The van der Waals surface area contributed by atoms with E-state index in [4.69, 9.17) is 14.2 Å². The highest BCUT2D eigenvalue weighted by Gasteiger charge is 2.19. The van der Waals surface area contributed by atoms with Gasteiger partial charge in [-0.3, -0.25) is 14.4 Å². The first-order valence-corrected chi connectivity index (χ1v) is 18.0. The summed E-state index contributed by atoms with van der Waals surface area (Å²) in [6, 6.07) is 0. The SMILES string of the molecule is CCCCCCCCCCCCC(=O)OC[C@@H](COC(=O)CCCCCCC)OC(=O)CCCCCCCCCCC. The fourth-order valence-electron chi connectivity index (χ4n) is 5.09. The molecule has 6 nitrogen and oxygen atoms in total. The fourth-order valence-corrected chi connectivity index (χ4v) is 5.09. The predicted molar refractivity (Wildman–Crippen MR) is 173 cm³/mol. The highest BCUT2D eigenvalue weighted by atomic mass is 16.6. The van der Waals surface area contributed by atoms with Gasteiger partial charge >= 0.3 is 17.9 Å². The van der Waals surface area contributed by atoms with Crippen LogP contribution in [0.4, 0.5) is 0 Å². The summed E-state index contributed by atoms with van der Waals surface area (Å²) in [7, 11) is 0. The molecule has 0 bridgehead atoms. The zero-order chi connectivity index (χ0) is 30.9. The van der Waals surface area contributed by atoms with Crippen LogP contribution < -0.4 is 0 Å². The fraction of sp³-hybridized carbons (Fsp3) is 0.917. The number of unbranched alkanes of at least 4 members (excludes halogenated alkanes) is 21. The van der Waals surface area contributed by atoms with Crippen LogP contribution in [-0.2, 0) is 28.6 Å². The third-order valence-electron chi connectivity index (χ3n) is 7.86. The molecule has 0 radical (unpaired) electrons. The molecule has 0 saturated carbocycles. The second-order valence-electron chi connectivity index (χ2n) is 12.2. The Morgan fingerprint density at radius 2 is 0.643 bits per heavy atom. The van der Waals surface area contributed by atoms with Crippen molar-refractivity contribution in [1.29, 1.82) is 0 Å². The highest BCUT2D eigenvalue weighted by Crippen LogP contribution is 2.13. The number of hydrogen-bond donors (Lipinski definition) is 0. The summed E-state index contributed by atoms with van der Waals surface area (Å²) in [4.78, 5) is 37.0. The normalized spacial score (nSPS) is 11.8. The van der Waals surface area contributed by atoms with Crippen molar-refractivity contribution >= 4 is 17.9 Å². The Morgan fingerprint density at radius 3 is 0.952 bits per heavy atom. The van der Waals surface area contributed by atoms with Crippen molar-refractivity contribution in [2.24, 2.45) is 0 Å². The lowest BCUT2D eigenvalue weighted by molar-refractivity contribution is -0.167. The summed E-state index contributed by atoms with van der Waals surface area (Å²) >= 11 is 0. The minimum atomic E-state index is -0.753. The van der Waals surface area contributed by atoms with E-state index in [1.807, 2.05) is 0 Å². The molecule has 0 aliphatic rings. The average molecular weight is 597 g/mol. The summed E-state index contributed by atoms with van der Waals surface area (Å²) in [5.74, 6) is -0.885. The molecule has 248 valence electrons. The maximum atomic E-state index is 12.5. The predicted octanol–water partition coefficient (Wildman–Crippen LogP) is 10.6. The molecule has 0 aromatic rings. The van der Waals surface area contributed by atoms with Gasteiger partial charge in [0.15, 0.2) is 6.10 Å². The van der Waals surface area contributed by atoms with Crippen LogP contribution in [0.1, 0.15) is 194 Å². The number of ether oxygens (including phenoxy) is 3. The van der Waals surface area contributed by atoms with Crippen molar-refractivity contribution in [1.82, 2.24) is 0 Å². The minimum Gasteiger partial charge on any atom is -0.462 e. The van der Waals surface area contributed by atoms with Gasteiger partial charge in [-0.1, -0.05) is 156 Å². The second kappa shape index (κ2) is 32.3. The molecule has 0 saturated heterocycles. The molecule has 0 aliphatic carbocycles. The number of hydrogen-bond acceptors (Lipinski definition) is 6. The first kappa shape index (κ1) is 40.4. The lowest BCUT2D eigenvalue weighted by Crippen LogP contribution is -2.30. The summed E-state index contributed by atoms with van der Waals surface area (Å²) in [6.07, 6.45) is 28.3. The lowest BCUT2D eigenvalue weighted by atomic mass is 10.1. The Kier molecular flexibility index (Phi) is 31.1. The third-order valence-corrected chi connectivity index (χ3v) is 7.86. The van der Waals surface area contributed by atoms with Crippen molar-refractivity contribution in [2.45, 2.75) is 200 Å². The van der Waals surface area contributed by atoms with Crippen molar-refractivity contribution in [3.05, 3.63) is 0 Å². The van der Waals surface area contributed by atoms with Crippen LogP contribution in [0.5, 0.6) is 0 Å². The number of esters is 3. The quantitative estimate of drug-likeness (QED) is 0.0436. The van der Waals surface area contributed by atoms with E-state index in [0.717, 1.165) is 64.2 Å². The molecule has 0 N–H and O–H groups in total. The molecule has 0 aliphatic heterocycles. The van der Waals surface area contributed by atoms with Gasteiger partial charge in [0.1, 0.15) is 13.2 Å². The van der Waals surface area contributed by atoms with Gasteiger partial charge in [-0.05, 0) is 19.3 Å². The molecule has 0 aromatic heterocycles. The second-order valence-corrected chi connectivity index (χ2v) is 12.2. The lowest BCUT2D eigenvalue weighted by Gasteiger charge is -2.18. The van der Waals surface area contributed by atoms with Gasteiger partial charge in [-0.25, -0.2) is 0 Å². The van der Waals surface area contributed by atoms with E-state index >= 15 is 0 Å². The largest absolute Gasteiger partial charge is 0.462 e. The van der Waals surface area contributed by atoms with E-state index in [1.54, 1.807) is 0 Å². The summed E-state index contributed by atoms with van der Waals surface area (Å²) in [5.41, 5.74) is 0. The smallest absolute Gasteiger partial charge is 0.306 e. The Hall–Kier alpha value is -1.59. The van der Waals surface area contributed by atoms with Gasteiger partial charge in [0, 0.05) is 19.3 Å². The Labute approximate surface area is 259 Å². The summed E-state index contributed by atoms with van der Waals surface area (Å²) in [6.45, 7) is 6.50. The molecular formula is C36H68O6. The van der Waals surface area contributed by atoms with Crippen molar-refractivity contribution in [3.63, 3.8) is 0 Å². The molecule has 0 aromatic carbocycles. The zero-order valence-electron chi connectivity index (χ0n) is 28.0. The molecule has 0 heterocycles. The Balaban J connectivity index is 4.30. The van der Waals surface area contributed by atoms with Gasteiger partial charge in [0.25, 0.3) is 0 Å². The third kappa shape index (κ3) is 29.9. The van der Waals surface area contributed by atoms with Crippen LogP contribution in [0.3, 0.4) is 0 Å². The number of rotatable bonds is 32. The molecule has 0 amide bonds. The van der Waals surface area contributed by atoms with E-state index in [9.17, 15) is 14.4 Å². The van der Waals surface area contributed by atoms with E-state index in [1.165, 1.54) is 89.9 Å². The summed E-state index contributed by atoms with van der Waals surface area (Å²) < 4.78 is 16.4. The Morgan fingerprint density at radius 1 is 0.381 bits per heavy atom. The molecular weight excluding hydrogens is 528 g/mol.